The molecule has 0 aliphatic heterocycles. The van der Waals surface area contributed by atoms with Gasteiger partial charge in [-0.1, -0.05) is 30.3 Å². The molecule has 7 nitrogen and oxygen atoms in total. The first-order valence-corrected chi connectivity index (χ1v) is 8.21. The summed E-state index contributed by atoms with van der Waals surface area (Å²) >= 11 is 0. The lowest BCUT2D eigenvalue weighted by Gasteiger charge is -2.03. The quantitative estimate of drug-likeness (QED) is 0.404. The Morgan fingerprint density at radius 1 is 1.04 bits per heavy atom. The van der Waals surface area contributed by atoms with Gasteiger partial charge in [-0.15, -0.1) is 0 Å². The lowest BCUT2D eigenvalue weighted by Crippen LogP contribution is -2.05. The number of nitrogens with zero attached hydrogens (tertiary/aromatic N) is 1. The number of H-pyrrole nitrogens is 1. The molecule has 3 aromatic rings. The van der Waals surface area contributed by atoms with Crippen molar-refractivity contribution in [1.29, 1.82) is 0 Å². The molecule has 1 heterocycles. The standard InChI is InChI=1S/C20H18N2O5/c1-26-15-10-8-14(9-11-15)19-20(22(24)25)18(13-6-4-3-5-7-13)16(21-19)12-17(23)27-2/h3-11,21H,12H2,1-2H3. The molecule has 138 valence electrons. The van der Waals surface area contributed by atoms with E-state index in [9.17, 15) is 14.9 Å². The van der Waals surface area contributed by atoms with Gasteiger partial charge in [-0.25, -0.2) is 0 Å². The van der Waals surface area contributed by atoms with Crippen LogP contribution in [-0.4, -0.2) is 30.1 Å². The number of esters is 1. The maximum Gasteiger partial charge on any atom is 0.311 e. The van der Waals surface area contributed by atoms with Crippen molar-refractivity contribution in [2.24, 2.45) is 0 Å². The number of methoxy groups -OCH3 is 2. The van der Waals surface area contributed by atoms with E-state index in [0.29, 0.717) is 33.8 Å². The number of benzene rings is 2. The van der Waals surface area contributed by atoms with Crippen molar-refractivity contribution in [2.45, 2.75) is 6.42 Å². The van der Waals surface area contributed by atoms with Crippen molar-refractivity contribution in [3.8, 4) is 28.1 Å². The van der Waals surface area contributed by atoms with Crippen LogP contribution >= 0.6 is 0 Å². The summed E-state index contributed by atoms with van der Waals surface area (Å²) in [6.45, 7) is 0. The zero-order chi connectivity index (χ0) is 19.4. The molecule has 0 bridgehead atoms. The summed E-state index contributed by atoms with van der Waals surface area (Å²) in [4.78, 5) is 26.4. The molecule has 3 rings (SSSR count). The smallest absolute Gasteiger partial charge is 0.311 e. The fraction of sp³-hybridized carbons (Fsp3) is 0.150. The predicted octanol–water partition coefficient (Wildman–Crippen LogP) is 3.98. The fourth-order valence-corrected chi connectivity index (χ4v) is 2.95. The van der Waals surface area contributed by atoms with Crippen molar-refractivity contribution in [2.75, 3.05) is 14.2 Å². The molecule has 0 amide bonds. The van der Waals surface area contributed by atoms with Gasteiger partial charge in [0.1, 0.15) is 11.4 Å². The summed E-state index contributed by atoms with van der Waals surface area (Å²) in [6.07, 6.45) is -0.0995. The third-order valence-electron chi connectivity index (χ3n) is 4.22. The van der Waals surface area contributed by atoms with Crippen molar-refractivity contribution in [3.63, 3.8) is 0 Å². The van der Waals surface area contributed by atoms with Crippen LogP contribution in [0.4, 0.5) is 5.69 Å². The van der Waals surface area contributed by atoms with Crippen molar-refractivity contribution in [3.05, 3.63) is 70.4 Å². The molecule has 0 fully saturated rings. The number of carbonyl (C=O) groups is 1. The van der Waals surface area contributed by atoms with E-state index in [0.717, 1.165) is 0 Å². The molecule has 2 aromatic carbocycles. The van der Waals surface area contributed by atoms with Crippen molar-refractivity contribution in [1.82, 2.24) is 4.98 Å². The Balaban J connectivity index is 2.24. The summed E-state index contributed by atoms with van der Waals surface area (Å²) in [7, 11) is 2.83. The molecule has 0 aliphatic carbocycles. The number of aromatic nitrogens is 1. The highest BCUT2D eigenvalue weighted by Gasteiger charge is 2.29. The van der Waals surface area contributed by atoms with Gasteiger partial charge in [0.15, 0.2) is 0 Å². The zero-order valence-electron chi connectivity index (χ0n) is 14.9. The van der Waals surface area contributed by atoms with Gasteiger partial charge in [0.05, 0.1) is 31.1 Å². The second-order valence-electron chi connectivity index (χ2n) is 5.81. The van der Waals surface area contributed by atoms with E-state index in [1.165, 1.54) is 7.11 Å². The maximum absolute atomic E-state index is 11.9. The number of carbonyl (C=O) groups excluding carboxylic acids is 1. The topological polar surface area (TPSA) is 94.5 Å². The Bertz CT molecular complexity index is 962. The van der Waals surface area contributed by atoms with Gasteiger partial charge in [0, 0.05) is 11.3 Å². The molecule has 0 saturated carbocycles. The van der Waals surface area contributed by atoms with Crippen LogP contribution in [0.15, 0.2) is 54.6 Å². The third-order valence-corrected chi connectivity index (χ3v) is 4.22. The third kappa shape index (κ3) is 3.67. The minimum atomic E-state index is -0.482. The number of nitrogens with one attached hydrogen (secondary N) is 1. The second-order valence-corrected chi connectivity index (χ2v) is 5.81. The SMILES string of the molecule is COC(=O)Cc1[nH]c(-c2ccc(OC)cc2)c([N+](=O)[O-])c1-c1ccccc1. The fourth-order valence-electron chi connectivity index (χ4n) is 2.95. The van der Waals surface area contributed by atoms with E-state index in [-0.39, 0.29) is 12.1 Å². The van der Waals surface area contributed by atoms with Gasteiger partial charge < -0.3 is 14.5 Å². The molecule has 7 heteroatoms. The van der Waals surface area contributed by atoms with E-state index < -0.39 is 10.9 Å². The Kier molecular flexibility index (Phi) is 5.21. The molecule has 0 spiro atoms. The van der Waals surface area contributed by atoms with Crippen molar-refractivity contribution < 1.29 is 19.2 Å². The van der Waals surface area contributed by atoms with Crippen LogP contribution in [0, 0.1) is 10.1 Å². The van der Waals surface area contributed by atoms with Gasteiger partial charge >= 0.3 is 11.7 Å². The average Bonchev–Trinajstić information content (AvgIpc) is 3.08. The van der Waals surface area contributed by atoms with Crippen LogP contribution in [0.3, 0.4) is 0 Å². The first-order valence-electron chi connectivity index (χ1n) is 8.21. The first-order chi connectivity index (χ1) is 13.0. The molecule has 27 heavy (non-hydrogen) atoms. The number of ether oxygens (including phenoxy) is 2. The minimum absolute atomic E-state index is 0.0785. The number of nitro groups is 1. The summed E-state index contributed by atoms with van der Waals surface area (Å²) in [5.41, 5.74) is 2.35. The number of hydrogen-bond donors (Lipinski definition) is 1. The van der Waals surface area contributed by atoms with Gasteiger partial charge in [-0.3, -0.25) is 14.9 Å². The first kappa shape index (κ1) is 18.2. The lowest BCUT2D eigenvalue weighted by atomic mass is 10.0. The number of rotatable bonds is 6. The summed E-state index contributed by atoms with van der Waals surface area (Å²) in [6, 6.07) is 15.9. The van der Waals surface area contributed by atoms with Gasteiger partial charge in [0.2, 0.25) is 0 Å². The highest BCUT2D eigenvalue weighted by atomic mass is 16.6. The zero-order valence-corrected chi connectivity index (χ0v) is 14.9. The molecular weight excluding hydrogens is 348 g/mol. The average molecular weight is 366 g/mol. The molecule has 0 radical (unpaired) electrons. The van der Waals surface area contributed by atoms with Gasteiger partial charge in [-0.05, 0) is 29.8 Å². The minimum Gasteiger partial charge on any atom is -0.497 e. The summed E-state index contributed by atoms with van der Waals surface area (Å²) in [5, 5.41) is 11.9. The molecular formula is C20H18N2O5. The predicted molar refractivity (Wildman–Crippen MR) is 101 cm³/mol. The van der Waals surface area contributed by atoms with E-state index in [2.05, 4.69) is 4.98 Å². The van der Waals surface area contributed by atoms with Gasteiger partial charge in [0.25, 0.3) is 0 Å². The van der Waals surface area contributed by atoms with Crippen LogP contribution in [0.5, 0.6) is 5.75 Å². The second kappa shape index (κ2) is 7.74. The Morgan fingerprint density at radius 2 is 1.70 bits per heavy atom. The summed E-state index contributed by atoms with van der Waals surface area (Å²) < 4.78 is 9.89. The summed E-state index contributed by atoms with van der Waals surface area (Å²) in [5.74, 6) is 0.163. The highest BCUT2D eigenvalue weighted by molar-refractivity contribution is 5.89. The Labute approximate surface area is 155 Å². The van der Waals surface area contributed by atoms with Crippen LogP contribution < -0.4 is 4.74 Å². The lowest BCUT2D eigenvalue weighted by molar-refractivity contribution is -0.383. The molecule has 1 N–H and O–H groups in total. The number of hydrogen-bond acceptors (Lipinski definition) is 5. The van der Waals surface area contributed by atoms with E-state index in [1.54, 1.807) is 55.6 Å². The molecule has 1 aromatic heterocycles. The van der Waals surface area contributed by atoms with E-state index >= 15 is 0 Å². The van der Waals surface area contributed by atoms with E-state index in [1.807, 2.05) is 6.07 Å². The van der Waals surface area contributed by atoms with Crippen molar-refractivity contribution >= 4 is 11.7 Å². The monoisotopic (exact) mass is 366 g/mol. The van der Waals surface area contributed by atoms with Crippen LogP contribution in [0.25, 0.3) is 22.4 Å². The molecule has 0 unspecified atom stereocenters. The van der Waals surface area contributed by atoms with Gasteiger partial charge in [-0.2, -0.15) is 0 Å². The Hall–Kier alpha value is -3.61. The van der Waals surface area contributed by atoms with Crippen LogP contribution in [0.2, 0.25) is 0 Å². The largest absolute Gasteiger partial charge is 0.497 e. The van der Waals surface area contributed by atoms with Crippen LogP contribution in [-0.2, 0) is 16.0 Å². The normalized spacial score (nSPS) is 10.4. The van der Waals surface area contributed by atoms with Crippen LogP contribution in [0.1, 0.15) is 5.69 Å². The molecule has 0 saturated heterocycles. The maximum atomic E-state index is 11.9. The molecule has 0 atom stereocenters. The molecule has 0 aliphatic rings. The Morgan fingerprint density at radius 3 is 2.26 bits per heavy atom. The number of aromatic amines is 1. The highest BCUT2D eigenvalue weighted by Crippen LogP contribution is 2.41. The van der Waals surface area contributed by atoms with E-state index in [4.69, 9.17) is 9.47 Å².